The third-order valence-corrected chi connectivity index (χ3v) is 3.93. The first kappa shape index (κ1) is 13.6. The Morgan fingerprint density at radius 2 is 2.24 bits per heavy atom. The maximum atomic E-state index is 12.1. The molecule has 2 fully saturated rings. The highest BCUT2D eigenvalue weighted by Crippen LogP contribution is 2.23. The van der Waals surface area contributed by atoms with Crippen molar-refractivity contribution < 1.29 is 14.4 Å². The number of nitrogens with one attached hydrogen (secondary N) is 2. The molecule has 8 nitrogen and oxygen atoms in total. The predicted molar refractivity (Wildman–Crippen MR) is 72.3 cm³/mol. The van der Waals surface area contributed by atoms with E-state index >= 15 is 0 Å². The minimum absolute atomic E-state index is 0.0676. The van der Waals surface area contributed by atoms with Gasteiger partial charge in [0.15, 0.2) is 0 Å². The van der Waals surface area contributed by atoms with Crippen molar-refractivity contribution >= 4 is 17.7 Å². The van der Waals surface area contributed by atoms with Crippen LogP contribution in [-0.2, 0) is 9.59 Å². The molecular formula is C13H17N5O3. The SMILES string of the molecule is Cc1cc(C(=O)N[C@@H]2C[C@H]3C(=O)N(C)CC(=O)N3C2)n[nH]1. The summed E-state index contributed by atoms with van der Waals surface area (Å²) in [7, 11) is 1.62. The lowest BCUT2D eigenvalue weighted by Crippen LogP contribution is -2.55. The van der Waals surface area contributed by atoms with Gasteiger partial charge in [0.05, 0.1) is 6.54 Å². The van der Waals surface area contributed by atoms with Crippen LogP contribution in [0.5, 0.6) is 0 Å². The van der Waals surface area contributed by atoms with E-state index in [1.54, 1.807) is 18.0 Å². The van der Waals surface area contributed by atoms with Crippen LogP contribution in [0.25, 0.3) is 0 Å². The molecule has 0 saturated carbocycles. The van der Waals surface area contributed by atoms with Crippen LogP contribution >= 0.6 is 0 Å². The molecule has 1 aromatic rings. The van der Waals surface area contributed by atoms with Crippen LogP contribution in [0, 0.1) is 6.92 Å². The second-order valence-electron chi connectivity index (χ2n) is 5.60. The summed E-state index contributed by atoms with van der Waals surface area (Å²) in [6.07, 6.45) is 0.448. The summed E-state index contributed by atoms with van der Waals surface area (Å²) in [5.41, 5.74) is 1.11. The molecule has 3 heterocycles. The Labute approximate surface area is 121 Å². The number of rotatable bonds is 2. The molecule has 2 N–H and O–H groups in total. The van der Waals surface area contributed by atoms with E-state index < -0.39 is 6.04 Å². The zero-order chi connectivity index (χ0) is 15.1. The van der Waals surface area contributed by atoms with E-state index in [9.17, 15) is 14.4 Å². The van der Waals surface area contributed by atoms with Crippen molar-refractivity contribution in [2.45, 2.75) is 25.4 Å². The fraction of sp³-hybridized carbons (Fsp3) is 0.538. The number of carbonyl (C=O) groups is 3. The molecule has 0 bridgehead atoms. The van der Waals surface area contributed by atoms with Gasteiger partial charge in [-0.15, -0.1) is 0 Å². The van der Waals surface area contributed by atoms with E-state index in [0.717, 1.165) is 5.69 Å². The summed E-state index contributed by atoms with van der Waals surface area (Å²) in [6, 6.07) is 0.975. The topological polar surface area (TPSA) is 98.4 Å². The Kier molecular flexibility index (Phi) is 3.15. The maximum Gasteiger partial charge on any atom is 0.272 e. The quantitative estimate of drug-likeness (QED) is 0.722. The first-order valence-corrected chi connectivity index (χ1v) is 6.83. The molecule has 0 unspecified atom stereocenters. The number of hydrogen-bond acceptors (Lipinski definition) is 4. The van der Waals surface area contributed by atoms with Crippen molar-refractivity contribution in [2.75, 3.05) is 20.1 Å². The average Bonchev–Trinajstić information content (AvgIpc) is 3.03. The summed E-state index contributed by atoms with van der Waals surface area (Å²) in [5, 5.41) is 9.44. The number of fused-ring (bicyclic) bond motifs is 1. The highest BCUT2D eigenvalue weighted by molar-refractivity contribution is 5.96. The average molecular weight is 291 g/mol. The minimum atomic E-state index is -0.456. The van der Waals surface area contributed by atoms with Gasteiger partial charge in [0.1, 0.15) is 11.7 Å². The normalized spacial score (nSPS) is 25.2. The molecule has 2 saturated heterocycles. The van der Waals surface area contributed by atoms with Crippen LogP contribution in [0.15, 0.2) is 6.07 Å². The van der Waals surface area contributed by atoms with Gasteiger partial charge < -0.3 is 15.1 Å². The smallest absolute Gasteiger partial charge is 0.272 e. The van der Waals surface area contributed by atoms with E-state index in [1.807, 2.05) is 6.92 Å². The zero-order valence-corrected chi connectivity index (χ0v) is 11.9. The van der Waals surface area contributed by atoms with Crippen LogP contribution in [0.3, 0.4) is 0 Å². The number of H-pyrrole nitrogens is 1. The molecule has 2 aliphatic heterocycles. The molecule has 3 rings (SSSR count). The number of aromatic nitrogens is 2. The molecule has 2 aliphatic rings. The summed E-state index contributed by atoms with van der Waals surface area (Å²) in [6.45, 7) is 2.29. The third-order valence-electron chi connectivity index (χ3n) is 3.93. The second kappa shape index (κ2) is 4.87. The Bertz CT molecular complexity index is 611. The van der Waals surface area contributed by atoms with Crippen molar-refractivity contribution in [1.29, 1.82) is 0 Å². The Hall–Kier alpha value is -2.38. The van der Waals surface area contributed by atoms with E-state index in [4.69, 9.17) is 0 Å². The highest BCUT2D eigenvalue weighted by atomic mass is 16.2. The fourth-order valence-electron chi connectivity index (χ4n) is 2.87. The number of piperazine rings is 1. The van der Waals surface area contributed by atoms with Crippen LogP contribution in [0.4, 0.5) is 0 Å². The molecule has 21 heavy (non-hydrogen) atoms. The van der Waals surface area contributed by atoms with Gasteiger partial charge in [-0.1, -0.05) is 0 Å². The van der Waals surface area contributed by atoms with Crippen molar-refractivity contribution in [1.82, 2.24) is 25.3 Å². The molecule has 0 aromatic carbocycles. The largest absolute Gasteiger partial charge is 0.346 e. The van der Waals surface area contributed by atoms with E-state index in [1.165, 1.54) is 4.90 Å². The van der Waals surface area contributed by atoms with Crippen LogP contribution < -0.4 is 5.32 Å². The number of hydrogen-bond donors (Lipinski definition) is 2. The van der Waals surface area contributed by atoms with Gasteiger partial charge in [0, 0.05) is 25.3 Å². The number of carbonyl (C=O) groups excluding carboxylic acids is 3. The number of aromatic amines is 1. The Morgan fingerprint density at radius 1 is 1.48 bits per heavy atom. The molecule has 8 heteroatoms. The van der Waals surface area contributed by atoms with Crippen molar-refractivity contribution in [3.8, 4) is 0 Å². The van der Waals surface area contributed by atoms with Gasteiger partial charge >= 0.3 is 0 Å². The zero-order valence-electron chi connectivity index (χ0n) is 11.9. The number of aryl methyl sites for hydroxylation is 1. The third kappa shape index (κ3) is 2.37. The maximum absolute atomic E-state index is 12.1. The van der Waals surface area contributed by atoms with Gasteiger partial charge in [-0.3, -0.25) is 19.5 Å². The monoisotopic (exact) mass is 291 g/mol. The summed E-state index contributed by atoms with van der Waals surface area (Å²) in [4.78, 5) is 39.0. The van der Waals surface area contributed by atoms with Crippen LogP contribution in [0.1, 0.15) is 22.6 Å². The van der Waals surface area contributed by atoms with Crippen LogP contribution in [-0.4, -0.2) is 69.9 Å². The molecule has 0 radical (unpaired) electrons. The van der Waals surface area contributed by atoms with E-state index in [2.05, 4.69) is 15.5 Å². The minimum Gasteiger partial charge on any atom is -0.346 e. The summed E-state index contributed by atoms with van der Waals surface area (Å²) in [5.74, 6) is -0.436. The van der Waals surface area contributed by atoms with Gasteiger partial charge in [-0.2, -0.15) is 5.10 Å². The molecule has 0 aliphatic carbocycles. The van der Waals surface area contributed by atoms with Crippen molar-refractivity contribution in [3.63, 3.8) is 0 Å². The first-order valence-electron chi connectivity index (χ1n) is 6.83. The van der Waals surface area contributed by atoms with Gasteiger partial charge in [-0.05, 0) is 19.4 Å². The fourth-order valence-corrected chi connectivity index (χ4v) is 2.87. The first-order chi connectivity index (χ1) is 9.95. The lowest BCUT2D eigenvalue weighted by atomic mass is 10.1. The molecule has 2 atom stereocenters. The lowest BCUT2D eigenvalue weighted by Gasteiger charge is -2.33. The summed E-state index contributed by atoms with van der Waals surface area (Å²) < 4.78 is 0. The van der Waals surface area contributed by atoms with Crippen molar-refractivity contribution in [3.05, 3.63) is 17.5 Å². The van der Waals surface area contributed by atoms with E-state index in [-0.39, 0.29) is 30.3 Å². The number of likely N-dealkylation sites (N-methyl/N-ethyl adjacent to an activating group) is 1. The van der Waals surface area contributed by atoms with E-state index in [0.29, 0.717) is 18.7 Å². The Morgan fingerprint density at radius 3 is 2.90 bits per heavy atom. The number of amides is 3. The molecule has 1 aromatic heterocycles. The lowest BCUT2D eigenvalue weighted by molar-refractivity contribution is -0.152. The summed E-state index contributed by atoms with van der Waals surface area (Å²) >= 11 is 0. The number of nitrogens with zero attached hydrogens (tertiary/aromatic N) is 3. The Balaban J connectivity index is 1.68. The highest BCUT2D eigenvalue weighted by Gasteiger charge is 2.45. The standard InChI is InChI=1S/C13H17N5O3/c1-7-3-9(16-15-7)12(20)14-8-4-10-13(21)17(2)6-11(19)18(10)5-8/h3,8,10H,4-6H2,1-2H3,(H,14,20)(H,15,16)/t8-,10+/m1/s1. The second-order valence-corrected chi connectivity index (χ2v) is 5.60. The van der Waals surface area contributed by atoms with Gasteiger partial charge in [0.25, 0.3) is 5.91 Å². The molecule has 3 amide bonds. The predicted octanol–water partition coefficient (Wildman–Crippen LogP) is -1.11. The van der Waals surface area contributed by atoms with Gasteiger partial charge in [0.2, 0.25) is 11.8 Å². The molecular weight excluding hydrogens is 274 g/mol. The molecule has 0 spiro atoms. The van der Waals surface area contributed by atoms with Gasteiger partial charge in [-0.25, -0.2) is 0 Å². The van der Waals surface area contributed by atoms with Crippen LogP contribution in [0.2, 0.25) is 0 Å². The molecule has 112 valence electrons. The van der Waals surface area contributed by atoms with Crippen molar-refractivity contribution in [2.24, 2.45) is 0 Å².